The van der Waals surface area contributed by atoms with Crippen molar-refractivity contribution in [3.05, 3.63) is 69.8 Å². The Labute approximate surface area is 126 Å². The predicted molar refractivity (Wildman–Crippen MR) is 81.5 cm³/mol. The molecule has 0 fully saturated rings. The Balaban J connectivity index is 2.24. The molecule has 1 unspecified atom stereocenters. The van der Waals surface area contributed by atoms with Crippen molar-refractivity contribution in [2.24, 2.45) is 0 Å². The number of halogens is 1. The number of hydrogen-bond donors (Lipinski definition) is 1. The third kappa shape index (κ3) is 3.58. The zero-order chi connectivity index (χ0) is 15.4. The van der Waals surface area contributed by atoms with E-state index >= 15 is 0 Å². The molecule has 0 saturated carbocycles. The van der Waals surface area contributed by atoms with Crippen molar-refractivity contribution in [1.82, 2.24) is 0 Å². The summed E-state index contributed by atoms with van der Waals surface area (Å²) in [6.45, 7) is 1.79. The maximum atomic E-state index is 12.1. The lowest BCUT2D eigenvalue weighted by atomic mass is 10.1. The fourth-order valence-electron chi connectivity index (χ4n) is 1.88. The first-order chi connectivity index (χ1) is 9.99. The number of carbonyl (C=O) groups is 1. The van der Waals surface area contributed by atoms with Gasteiger partial charge in [0.2, 0.25) is 5.91 Å². The monoisotopic (exact) mass is 304 g/mol. The maximum absolute atomic E-state index is 12.1. The van der Waals surface area contributed by atoms with E-state index in [1.165, 1.54) is 6.07 Å². The van der Waals surface area contributed by atoms with Crippen LogP contribution in [0, 0.1) is 17.0 Å². The Morgan fingerprint density at radius 3 is 2.52 bits per heavy atom. The molecule has 0 aliphatic carbocycles. The Bertz CT molecular complexity index is 674. The van der Waals surface area contributed by atoms with Crippen LogP contribution in [-0.2, 0) is 4.79 Å². The smallest absolute Gasteiger partial charge is 0.292 e. The molecule has 1 N–H and O–H groups in total. The molecule has 108 valence electrons. The molecule has 21 heavy (non-hydrogen) atoms. The SMILES string of the molecule is Cc1ccc([N+](=O)[O-])c(NC(=O)C(Cl)c2ccccc2)c1. The molecule has 0 spiro atoms. The van der Waals surface area contributed by atoms with Crippen LogP contribution in [0.4, 0.5) is 11.4 Å². The number of hydrogen-bond acceptors (Lipinski definition) is 3. The summed E-state index contributed by atoms with van der Waals surface area (Å²) in [5, 5.41) is 12.6. The molecule has 0 aliphatic rings. The second kappa shape index (κ2) is 6.37. The lowest BCUT2D eigenvalue weighted by Gasteiger charge is -2.11. The van der Waals surface area contributed by atoms with E-state index in [1.807, 2.05) is 6.07 Å². The van der Waals surface area contributed by atoms with E-state index in [-0.39, 0.29) is 11.4 Å². The van der Waals surface area contributed by atoms with Crippen LogP contribution in [0.15, 0.2) is 48.5 Å². The predicted octanol–water partition coefficient (Wildman–Crippen LogP) is 3.82. The van der Waals surface area contributed by atoms with Crippen molar-refractivity contribution in [3.8, 4) is 0 Å². The first-order valence-electron chi connectivity index (χ1n) is 6.24. The number of amides is 1. The minimum atomic E-state index is -0.911. The average molecular weight is 305 g/mol. The maximum Gasteiger partial charge on any atom is 0.292 e. The minimum absolute atomic E-state index is 0.145. The van der Waals surface area contributed by atoms with Crippen molar-refractivity contribution in [2.45, 2.75) is 12.3 Å². The van der Waals surface area contributed by atoms with Gasteiger partial charge in [-0.2, -0.15) is 0 Å². The van der Waals surface area contributed by atoms with Gasteiger partial charge in [0.25, 0.3) is 5.69 Å². The Morgan fingerprint density at radius 2 is 1.90 bits per heavy atom. The number of nitrogens with zero attached hydrogens (tertiary/aromatic N) is 1. The van der Waals surface area contributed by atoms with Gasteiger partial charge in [-0.05, 0) is 24.1 Å². The lowest BCUT2D eigenvalue weighted by Crippen LogP contribution is -2.18. The van der Waals surface area contributed by atoms with Crippen molar-refractivity contribution in [1.29, 1.82) is 0 Å². The summed E-state index contributed by atoms with van der Waals surface area (Å²) in [4.78, 5) is 22.6. The van der Waals surface area contributed by atoms with Crippen LogP contribution in [0.2, 0.25) is 0 Å². The molecule has 0 aromatic heterocycles. The number of aryl methyl sites for hydroxylation is 1. The van der Waals surface area contributed by atoms with Crippen LogP contribution in [0.3, 0.4) is 0 Å². The van der Waals surface area contributed by atoms with E-state index < -0.39 is 16.2 Å². The summed E-state index contributed by atoms with van der Waals surface area (Å²) in [5.41, 5.74) is 1.42. The van der Waals surface area contributed by atoms with Crippen LogP contribution in [0.25, 0.3) is 0 Å². The summed E-state index contributed by atoms with van der Waals surface area (Å²) in [7, 11) is 0. The van der Waals surface area contributed by atoms with Crippen LogP contribution < -0.4 is 5.32 Å². The van der Waals surface area contributed by atoms with Gasteiger partial charge < -0.3 is 5.32 Å². The molecule has 0 radical (unpaired) electrons. The highest BCUT2D eigenvalue weighted by molar-refractivity contribution is 6.32. The third-order valence-electron chi connectivity index (χ3n) is 2.93. The van der Waals surface area contributed by atoms with Gasteiger partial charge in [0.05, 0.1) is 4.92 Å². The largest absolute Gasteiger partial charge is 0.319 e. The fourth-order valence-corrected chi connectivity index (χ4v) is 2.08. The van der Waals surface area contributed by atoms with E-state index in [4.69, 9.17) is 11.6 Å². The van der Waals surface area contributed by atoms with Crippen LogP contribution >= 0.6 is 11.6 Å². The summed E-state index contributed by atoms with van der Waals surface area (Å²) >= 11 is 6.10. The molecule has 6 heteroatoms. The minimum Gasteiger partial charge on any atom is -0.319 e. The number of alkyl halides is 1. The highest BCUT2D eigenvalue weighted by atomic mass is 35.5. The molecule has 1 atom stereocenters. The Kier molecular flexibility index (Phi) is 4.55. The number of rotatable bonds is 4. The average Bonchev–Trinajstić information content (AvgIpc) is 2.47. The normalized spacial score (nSPS) is 11.7. The number of anilines is 1. The second-order valence-corrected chi connectivity index (χ2v) is 4.98. The molecule has 0 heterocycles. The first kappa shape index (κ1) is 15.0. The summed E-state index contributed by atoms with van der Waals surface area (Å²) in [6, 6.07) is 13.3. The first-order valence-corrected chi connectivity index (χ1v) is 6.67. The molecule has 0 saturated heterocycles. The topological polar surface area (TPSA) is 72.2 Å². The van der Waals surface area contributed by atoms with Gasteiger partial charge in [0, 0.05) is 6.07 Å². The number of nitrogens with one attached hydrogen (secondary N) is 1. The highest BCUT2D eigenvalue weighted by Gasteiger charge is 2.21. The van der Waals surface area contributed by atoms with Crippen molar-refractivity contribution < 1.29 is 9.72 Å². The molecular formula is C15H13ClN2O3. The Hall–Kier alpha value is -2.40. The number of nitro groups is 1. The van der Waals surface area contributed by atoms with Crippen LogP contribution in [0.5, 0.6) is 0 Å². The summed E-state index contributed by atoms with van der Waals surface area (Å²) in [6.07, 6.45) is 0. The van der Waals surface area contributed by atoms with Crippen LogP contribution in [-0.4, -0.2) is 10.8 Å². The lowest BCUT2D eigenvalue weighted by molar-refractivity contribution is -0.383. The fraction of sp³-hybridized carbons (Fsp3) is 0.133. The molecule has 0 aliphatic heterocycles. The van der Waals surface area contributed by atoms with Crippen molar-refractivity contribution in [3.63, 3.8) is 0 Å². The van der Waals surface area contributed by atoms with E-state index in [1.54, 1.807) is 43.3 Å². The Morgan fingerprint density at radius 1 is 1.24 bits per heavy atom. The molecule has 2 rings (SSSR count). The van der Waals surface area contributed by atoms with E-state index in [9.17, 15) is 14.9 Å². The van der Waals surface area contributed by atoms with Gasteiger partial charge in [0.1, 0.15) is 11.1 Å². The molecule has 0 bridgehead atoms. The van der Waals surface area contributed by atoms with E-state index in [0.717, 1.165) is 5.56 Å². The quantitative estimate of drug-likeness (QED) is 0.530. The number of nitro benzene ring substituents is 1. The second-order valence-electron chi connectivity index (χ2n) is 4.54. The van der Waals surface area contributed by atoms with Gasteiger partial charge in [-0.25, -0.2) is 0 Å². The van der Waals surface area contributed by atoms with Gasteiger partial charge in [-0.1, -0.05) is 36.4 Å². The zero-order valence-electron chi connectivity index (χ0n) is 11.2. The standard InChI is InChI=1S/C15H13ClN2O3/c1-10-7-8-13(18(20)21)12(9-10)17-15(19)14(16)11-5-3-2-4-6-11/h2-9,14H,1H3,(H,17,19). The van der Waals surface area contributed by atoms with Gasteiger partial charge in [0.15, 0.2) is 0 Å². The van der Waals surface area contributed by atoms with Crippen molar-refractivity contribution >= 4 is 28.9 Å². The van der Waals surface area contributed by atoms with E-state index in [0.29, 0.717) is 5.56 Å². The van der Waals surface area contributed by atoms with Gasteiger partial charge in [-0.15, -0.1) is 11.6 Å². The highest BCUT2D eigenvalue weighted by Crippen LogP contribution is 2.28. The van der Waals surface area contributed by atoms with Gasteiger partial charge >= 0.3 is 0 Å². The number of carbonyl (C=O) groups excluding carboxylic acids is 1. The molecule has 2 aromatic carbocycles. The van der Waals surface area contributed by atoms with E-state index in [2.05, 4.69) is 5.32 Å². The zero-order valence-corrected chi connectivity index (χ0v) is 12.0. The molecular weight excluding hydrogens is 292 g/mol. The molecule has 2 aromatic rings. The third-order valence-corrected chi connectivity index (χ3v) is 3.38. The molecule has 5 nitrogen and oxygen atoms in total. The van der Waals surface area contributed by atoms with Crippen LogP contribution in [0.1, 0.15) is 16.5 Å². The molecule has 1 amide bonds. The summed E-state index contributed by atoms with van der Waals surface area (Å²) < 4.78 is 0. The van der Waals surface area contributed by atoms with Gasteiger partial charge in [-0.3, -0.25) is 14.9 Å². The van der Waals surface area contributed by atoms with Crippen molar-refractivity contribution in [2.75, 3.05) is 5.32 Å². The number of benzene rings is 2. The summed E-state index contributed by atoms with van der Waals surface area (Å²) in [5.74, 6) is -0.503.